The van der Waals surface area contributed by atoms with Gasteiger partial charge in [0.15, 0.2) is 0 Å². The molecule has 0 radical (unpaired) electrons. The Morgan fingerprint density at radius 2 is 2.44 bits per heavy atom. The molecule has 1 unspecified atom stereocenters. The SMILES string of the molecule is CC(Cc1ccco1)NCc1nncn1C. The molecule has 0 saturated heterocycles. The van der Waals surface area contributed by atoms with E-state index in [1.165, 1.54) is 0 Å². The van der Waals surface area contributed by atoms with Gasteiger partial charge in [-0.2, -0.15) is 0 Å². The second-order valence-corrected chi connectivity index (χ2v) is 3.92. The van der Waals surface area contributed by atoms with Gasteiger partial charge < -0.3 is 14.3 Å². The van der Waals surface area contributed by atoms with E-state index < -0.39 is 0 Å². The molecule has 0 bridgehead atoms. The Hall–Kier alpha value is -1.62. The van der Waals surface area contributed by atoms with Gasteiger partial charge in [0.2, 0.25) is 0 Å². The van der Waals surface area contributed by atoms with Gasteiger partial charge in [-0.05, 0) is 19.1 Å². The molecule has 2 rings (SSSR count). The van der Waals surface area contributed by atoms with E-state index >= 15 is 0 Å². The van der Waals surface area contributed by atoms with E-state index in [1.807, 2.05) is 23.7 Å². The Kier molecular flexibility index (Phi) is 3.36. The molecule has 16 heavy (non-hydrogen) atoms. The normalized spacial score (nSPS) is 12.9. The summed E-state index contributed by atoms with van der Waals surface area (Å²) in [5.41, 5.74) is 0. The van der Waals surface area contributed by atoms with Crippen molar-refractivity contribution >= 4 is 0 Å². The molecule has 0 amide bonds. The lowest BCUT2D eigenvalue weighted by atomic mass is 10.2. The molecule has 0 aliphatic rings. The molecule has 0 fully saturated rings. The van der Waals surface area contributed by atoms with Gasteiger partial charge in [-0.3, -0.25) is 0 Å². The van der Waals surface area contributed by atoms with Gasteiger partial charge in [0, 0.05) is 19.5 Å². The number of rotatable bonds is 5. The van der Waals surface area contributed by atoms with Crippen molar-refractivity contribution in [2.24, 2.45) is 7.05 Å². The van der Waals surface area contributed by atoms with Crippen molar-refractivity contribution in [3.8, 4) is 0 Å². The van der Waals surface area contributed by atoms with E-state index in [1.54, 1.807) is 12.6 Å². The first-order chi connectivity index (χ1) is 7.75. The maximum absolute atomic E-state index is 5.29. The zero-order valence-electron chi connectivity index (χ0n) is 9.55. The van der Waals surface area contributed by atoms with Crippen LogP contribution >= 0.6 is 0 Å². The Morgan fingerprint density at radius 1 is 1.56 bits per heavy atom. The van der Waals surface area contributed by atoms with Gasteiger partial charge in [0.05, 0.1) is 12.8 Å². The van der Waals surface area contributed by atoms with Crippen LogP contribution in [0.15, 0.2) is 29.1 Å². The maximum atomic E-state index is 5.29. The molecule has 1 N–H and O–H groups in total. The van der Waals surface area contributed by atoms with E-state index in [-0.39, 0.29) is 0 Å². The van der Waals surface area contributed by atoms with Crippen molar-refractivity contribution in [1.82, 2.24) is 20.1 Å². The predicted molar refractivity (Wildman–Crippen MR) is 59.7 cm³/mol. The molecule has 0 aliphatic carbocycles. The molecule has 0 aromatic carbocycles. The monoisotopic (exact) mass is 220 g/mol. The Bertz CT molecular complexity index is 421. The van der Waals surface area contributed by atoms with Gasteiger partial charge in [-0.15, -0.1) is 10.2 Å². The van der Waals surface area contributed by atoms with E-state index in [2.05, 4.69) is 22.4 Å². The van der Waals surface area contributed by atoms with Gasteiger partial charge in [-0.1, -0.05) is 0 Å². The van der Waals surface area contributed by atoms with Crippen molar-refractivity contribution < 1.29 is 4.42 Å². The molecular formula is C11H16N4O. The highest BCUT2D eigenvalue weighted by Crippen LogP contribution is 2.04. The summed E-state index contributed by atoms with van der Waals surface area (Å²) in [7, 11) is 1.94. The molecule has 5 heteroatoms. The molecule has 2 aromatic heterocycles. The number of hydrogen-bond acceptors (Lipinski definition) is 4. The largest absolute Gasteiger partial charge is 0.469 e. The summed E-state index contributed by atoms with van der Waals surface area (Å²) >= 11 is 0. The van der Waals surface area contributed by atoms with Gasteiger partial charge in [0.25, 0.3) is 0 Å². The zero-order valence-corrected chi connectivity index (χ0v) is 9.55. The van der Waals surface area contributed by atoms with Crippen LogP contribution in [0.2, 0.25) is 0 Å². The number of aromatic nitrogens is 3. The highest BCUT2D eigenvalue weighted by molar-refractivity contribution is 5.00. The molecular weight excluding hydrogens is 204 g/mol. The second kappa shape index (κ2) is 4.94. The van der Waals surface area contributed by atoms with Crippen LogP contribution < -0.4 is 5.32 Å². The summed E-state index contributed by atoms with van der Waals surface area (Å²) in [6.07, 6.45) is 4.28. The van der Waals surface area contributed by atoms with Crippen LogP contribution in [0.25, 0.3) is 0 Å². The fourth-order valence-electron chi connectivity index (χ4n) is 1.54. The molecule has 1 atom stereocenters. The molecule has 0 spiro atoms. The zero-order chi connectivity index (χ0) is 11.4. The smallest absolute Gasteiger partial charge is 0.146 e. The Balaban J connectivity index is 1.80. The fourth-order valence-corrected chi connectivity index (χ4v) is 1.54. The quantitative estimate of drug-likeness (QED) is 0.820. The molecule has 5 nitrogen and oxygen atoms in total. The van der Waals surface area contributed by atoms with Crippen LogP contribution in [0.3, 0.4) is 0 Å². The number of aryl methyl sites for hydroxylation is 1. The maximum Gasteiger partial charge on any atom is 0.146 e. The van der Waals surface area contributed by atoms with Crippen LogP contribution in [-0.2, 0) is 20.0 Å². The molecule has 0 aliphatic heterocycles. The van der Waals surface area contributed by atoms with Crippen molar-refractivity contribution in [3.63, 3.8) is 0 Å². The summed E-state index contributed by atoms with van der Waals surface area (Å²) in [6.45, 7) is 2.84. The number of nitrogens with one attached hydrogen (secondary N) is 1. The lowest BCUT2D eigenvalue weighted by molar-refractivity contribution is 0.451. The van der Waals surface area contributed by atoms with Crippen molar-refractivity contribution in [2.75, 3.05) is 0 Å². The molecule has 2 heterocycles. The third-order valence-electron chi connectivity index (χ3n) is 2.50. The standard InChI is InChI=1S/C11H16N4O/c1-9(6-10-4-3-5-16-10)12-7-11-14-13-8-15(11)2/h3-5,8-9,12H,6-7H2,1-2H3. The van der Waals surface area contributed by atoms with Crippen molar-refractivity contribution in [2.45, 2.75) is 25.9 Å². The lowest BCUT2D eigenvalue weighted by Gasteiger charge is -2.11. The highest BCUT2D eigenvalue weighted by Gasteiger charge is 2.07. The van der Waals surface area contributed by atoms with E-state index in [9.17, 15) is 0 Å². The summed E-state index contributed by atoms with van der Waals surface area (Å²) < 4.78 is 7.20. The number of furan rings is 1. The van der Waals surface area contributed by atoms with Gasteiger partial charge in [0.1, 0.15) is 17.9 Å². The van der Waals surface area contributed by atoms with Crippen LogP contribution in [0.5, 0.6) is 0 Å². The molecule has 86 valence electrons. The average Bonchev–Trinajstić information content (AvgIpc) is 2.87. The van der Waals surface area contributed by atoms with Crippen molar-refractivity contribution in [3.05, 3.63) is 36.3 Å². The van der Waals surface area contributed by atoms with E-state index in [4.69, 9.17) is 4.42 Å². The van der Waals surface area contributed by atoms with Gasteiger partial charge in [-0.25, -0.2) is 0 Å². The topological polar surface area (TPSA) is 55.9 Å². The first-order valence-corrected chi connectivity index (χ1v) is 5.34. The lowest BCUT2D eigenvalue weighted by Crippen LogP contribution is -2.28. The second-order valence-electron chi connectivity index (χ2n) is 3.92. The highest BCUT2D eigenvalue weighted by atomic mass is 16.3. The summed E-state index contributed by atoms with van der Waals surface area (Å²) in [4.78, 5) is 0. The third kappa shape index (κ3) is 2.70. The Labute approximate surface area is 94.5 Å². The summed E-state index contributed by atoms with van der Waals surface area (Å²) in [5, 5.41) is 11.2. The van der Waals surface area contributed by atoms with Crippen LogP contribution in [-0.4, -0.2) is 20.8 Å². The third-order valence-corrected chi connectivity index (χ3v) is 2.50. The van der Waals surface area contributed by atoms with Crippen LogP contribution in [0.1, 0.15) is 18.5 Å². The summed E-state index contributed by atoms with van der Waals surface area (Å²) in [6, 6.07) is 4.24. The Morgan fingerprint density at radius 3 is 3.06 bits per heavy atom. The van der Waals surface area contributed by atoms with E-state index in [0.717, 1.165) is 24.6 Å². The minimum atomic E-state index is 0.350. The number of hydrogen-bond donors (Lipinski definition) is 1. The van der Waals surface area contributed by atoms with Crippen LogP contribution in [0.4, 0.5) is 0 Å². The summed E-state index contributed by atoms with van der Waals surface area (Å²) in [5.74, 6) is 1.93. The first kappa shape index (κ1) is 10.9. The number of nitrogens with zero attached hydrogens (tertiary/aromatic N) is 3. The fraction of sp³-hybridized carbons (Fsp3) is 0.455. The first-order valence-electron chi connectivity index (χ1n) is 5.34. The molecule has 2 aromatic rings. The molecule has 0 saturated carbocycles. The van der Waals surface area contributed by atoms with E-state index in [0.29, 0.717) is 6.04 Å². The predicted octanol–water partition coefficient (Wildman–Crippen LogP) is 1.13. The minimum Gasteiger partial charge on any atom is -0.469 e. The average molecular weight is 220 g/mol. The van der Waals surface area contributed by atoms with Crippen LogP contribution in [0, 0.1) is 0 Å². The minimum absolute atomic E-state index is 0.350. The van der Waals surface area contributed by atoms with Gasteiger partial charge >= 0.3 is 0 Å². The van der Waals surface area contributed by atoms with Crippen molar-refractivity contribution in [1.29, 1.82) is 0 Å².